The average molecular weight is 348 g/mol. The first-order valence-electron chi connectivity index (χ1n) is 6.18. The fraction of sp³-hybridized carbons (Fsp3) is 0.0714. The summed E-state index contributed by atoms with van der Waals surface area (Å²) in [6, 6.07) is 10.2. The van der Waals surface area contributed by atoms with Crippen LogP contribution in [-0.4, -0.2) is 20.2 Å². The van der Waals surface area contributed by atoms with E-state index in [0.29, 0.717) is 27.2 Å². The van der Waals surface area contributed by atoms with Crippen LogP contribution in [0.25, 0.3) is 17.1 Å². The number of halogens is 2. The number of hydrogen-bond acceptors (Lipinski definition) is 4. The summed E-state index contributed by atoms with van der Waals surface area (Å²) in [6.07, 6.45) is 0. The van der Waals surface area contributed by atoms with Gasteiger partial charge in [-0.05, 0) is 57.5 Å². The fourth-order valence-corrected chi connectivity index (χ4v) is 2.51. The molecule has 0 bridgehead atoms. The molecule has 0 saturated heterocycles. The van der Waals surface area contributed by atoms with Gasteiger partial charge in [0.1, 0.15) is 5.82 Å². The Morgan fingerprint density at radius 1 is 1.19 bits per heavy atom. The highest BCUT2D eigenvalue weighted by atomic mass is 79.9. The lowest BCUT2D eigenvalue weighted by molar-refractivity contribution is 0.614. The number of anilines is 1. The van der Waals surface area contributed by atoms with E-state index in [4.69, 9.17) is 5.73 Å². The Hall–Kier alpha value is -2.28. The summed E-state index contributed by atoms with van der Waals surface area (Å²) in [4.78, 5) is 0. The molecule has 106 valence electrons. The van der Waals surface area contributed by atoms with Crippen LogP contribution in [0.1, 0.15) is 5.56 Å². The summed E-state index contributed by atoms with van der Waals surface area (Å²) in [7, 11) is 0. The van der Waals surface area contributed by atoms with E-state index in [1.54, 1.807) is 25.1 Å². The van der Waals surface area contributed by atoms with Gasteiger partial charge in [0, 0.05) is 16.8 Å². The van der Waals surface area contributed by atoms with Crippen LogP contribution in [0.5, 0.6) is 0 Å². The predicted molar refractivity (Wildman–Crippen MR) is 81.4 cm³/mol. The highest BCUT2D eigenvalue weighted by molar-refractivity contribution is 9.10. The van der Waals surface area contributed by atoms with Crippen LogP contribution in [0.2, 0.25) is 0 Å². The summed E-state index contributed by atoms with van der Waals surface area (Å²) in [5, 5.41) is 11.7. The smallest absolute Gasteiger partial charge is 0.188 e. The topological polar surface area (TPSA) is 69.6 Å². The predicted octanol–water partition coefficient (Wildman–Crippen LogP) is 3.12. The molecule has 21 heavy (non-hydrogen) atoms. The Labute approximate surface area is 128 Å². The third-order valence-corrected chi connectivity index (χ3v) is 4.09. The van der Waals surface area contributed by atoms with Gasteiger partial charge in [0.05, 0.1) is 10.2 Å². The van der Waals surface area contributed by atoms with Crippen molar-refractivity contribution in [1.29, 1.82) is 0 Å². The number of rotatable bonds is 2. The van der Waals surface area contributed by atoms with Gasteiger partial charge in [-0.3, -0.25) is 0 Å². The number of aromatic nitrogens is 4. The lowest BCUT2D eigenvalue weighted by Crippen LogP contribution is -2.04. The molecule has 0 aliphatic rings. The molecule has 2 N–H and O–H groups in total. The van der Waals surface area contributed by atoms with Gasteiger partial charge >= 0.3 is 0 Å². The van der Waals surface area contributed by atoms with E-state index < -0.39 is 0 Å². The van der Waals surface area contributed by atoms with Crippen LogP contribution in [0.4, 0.5) is 10.1 Å². The normalized spacial score (nSPS) is 10.8. The Bertz CT molecular complexity index is 749. The van der Waals surface area contributed by atoms with E-state index in [-0.39, 0.29) is 5.82 Å². The minimum atomic E-state index is -0.305. The van der Waals surface area contributed by atoms with Crippen LogP contribution >= 0.6 is 15.9 Å². The monoisotopic (exact) mass is 347 g/mol. The maximum Gasteiger partial charge on any atom is 0.188 e. The molecule has 0 aliphatic carbocycles. The van der Waals surface area contributed by atoms with Crippen molar-refractivity contribution < 1.29 is 4.39 Å². The number of benzene rings is 2. The molecule has 0 spiro atoms. The highest BCUT2D eigenvalue weighted by Crippen LogP contribution is 2.32. The van der Waals surface area contributed by atoms with Gasteiger partial charge in [0.15, 0.2) is 5.82 Å². The molecule has 3 rings (SSSR count). The summed E-state index contributed by atoms with van der Waals surface area (Å²) in [5.41, 5.74) is 8.27. The molecule has 3 aromatic rings. The van der Waals surface area contributed by atoms with Crippen molar-refractivity contribution in [1.82, 2.24) is 20.2 Å². The van der Waals surface area contributed by atoms with E-state index in [2.05, 4.69) is 31.5 Å². The molecule has 5 nitrogen and oxygen atoms in total. The van der Waals surface area contributed by atoms with Gasteiger partial charge in [-0.1, -0.05) is 12.1 Å². The van der Waals surface area contributed by atoms with Gasteiger partial charge in [0.2, 0.25) is 0 Å². The molecule has 7 heteroatoms. The third-order valence-electron chi connectivity index (χ3n) is 3.21. The van der Waals surface area contributed by atoms with Crippen molar-refractivity contribution in [3.63, 3.8) is 0 Å². The first kappa shape index (κ1) is 13.7. The van der Waals surface area contributed by atoms with E-state index in [1.165, 1.54) is 10.7 Å². The van der Waals surface area contributed by atoms with Crippen LogP contribution in [-0.2, 0) is 0 Å². The van der Waals surface area contributed by atoms with Crippen molar-refractivity contribution in [3.05, 3.63) is 52.3 Å². The lowest BCUT2D eigenvalue weighted by Gasteiger charge is -2.10. The van der Waals surface area contributed by atoms with Gasteiger partial charge in [-0.15, -0.1) is 5.10 Å². The van der Waals surface area contributed by atoms with E-state index in [0.717, 1.165) is 5.56 Å². The zero-order valence-corrected chi connectivity index (χ0v) is 12.7. The molecular formula is C14H11BrFN5. The minimum absolute atomic E-state index is 0.305. The zero-order chi connectivity index (χ0) is 15.0. The maximum absolute atomic E-state index is 13.7. The minimum Gasteiger partial charge on any atom is -0.398 e. The summed E-state index contributed by atoms with van der Waals surface area (Å²) < 4.78 is 15.9. The Balaban J connectivity index is 2.22. The van der Waals surface area contributed by atoms with Gasteiger partial charge in [-0.25, -0.2) is 4.39 Å². The molecule has 1 aromatic heterocycles. The summed E-state index contributed by atoms with van der Waals surface area (Å²) in [5.74, 6) is 0.184. The molecule has 0 aliphatic heterocycles. The summed E-state index contributed by atoms with van der Waals surface area (Å²) >= 11 is 3.43. The largest absolute Gasteiger partial charge is 0.398 e. The molecule has 0 radical (unpaired) electrons. The van der Waals surface area contributed by atoms with Crippen LogP contribution in [0.3, 0.4) is 0 Å². The Kier molecular flexibility index (Phi) is 3.42. The fourth-order valence-electron chi connectivity index (χ4n) is 2.07. The van der Waals surface area contributed by atoms with E-state index >= 15 is 0 Å². The van der Waals surface area contributed by atoms with Crippen LogP contribution in [0, 0.1) is 12.7 Å². The highest BCUT2D eigenvalue weighted by Gasteiger charge is 2.17. The van der Waals surface area contributed by atoms with Crippen molar-refractivity contribution >= 4 is 21.6 Å². The SMILES string of the molecule is Cc1c(F)cccc1-n1nnnc1-c1cccc(N)c1Br. The lowest BCUT2D eigenvalue weighted by atomic mass is 10.1. The van der Waals surface area contributed by atoms with Gasteiger partial charge in [0.25, 0.3) is 0 Å². The molecule has 0 unspecified atom stereocenters. The number of hydrogen-bond donors (Lipinski definition) is 1. The number of nitrogen functional groups attached to an aromatic ring is 1. The molecule has 0 atom stereocenters. The Morgan fingerprint density at radius 2 is 1.95 bits per heavy atom. The van der Waals surface area contributed by atoms with Crippen molar-refractivity contribution in [3.8, 4) is 17.1 Å². The van der Waals surface area contributed by atoms with Crippen LogP contribution < -0.4 is 5.73 Å². The van der Waals surface area contributed by atoms with Crippen LogP contribution in [0.15, 0.2) is 40.9 Å². The second kappa shape index (κ2) is 5.25. The summed E-state index contributed by atoms with van der Waals surface area (Å²) in [6.45, 7) is 1.69. The number of tetrazole rings is 1. The van der Waals surface area contributed by atoms with Crippen molar-refractivity contribution in [2.45, 2.75) is 6.92 Å². The number of nitrogens with zero attached hydrogens (tertiary/aromatic N) is 4. The van der Waals surface area contributed by atoms with E-state index in [1.807, 2.05) is 12.1 Å². The molecule has 2 aromatic carbocycles. The van der Waals surface area contributed by atoms with Crippen molar-refractivity contribution in [2.24, 2.45) is 0 Å². The van der Waals surface area contributed by atoms with Gasteiger partial charge in [-0.2, -0.15) is 4.68 Å². The maximum atomic E-state index is 13.7. The first-order chi connectivity index (χ1) is 10.1. The van der Waals surface area contributed by atoms with Gasteiger partial charge < -0.3 is 5.73 Å². The molecular weight excluding hydrogens is 337 g/mol. The number of nitrogens with two attached hydrogens (primary N) is 1. The molecule has 0 amide bonds. The molecule has 1 heterocycles. The standard InChI is InChI=1S/C14H11BrFN5/c1-8-10(16)5-3-7-12(8)21-14(18-19-20-21)9-4-2-6-11(17)13(9)15/h2-7H,17H2,1H3. The Morgan fingerprint density at radius 3 is 2.76 bits per heavy atom. The van der Waals surface area contributed by atoms with E-state index in [9.17, 15) is 4.39 Å². The first-order valence-corrected chi connectivity index (χ1v) is 6.97. The zero-order valence-electron chi connectivity index (χ0n) is 11.1. The molecule has 0 saturated carbocycles. The van der Waals surface area contributed by atoms with Crippen molar-refractivity contribution in [2.75, 3.05) is 5.73 Å². The molecule has 0 fully saturated rings. The third kappa shape index (κ3) is 2.29. The average Bonchev–Trinajstić information content (AvgIpc) is 2.94. The second-order valence-corrected chi connectivity index (χ2v) is 5.30. The second-order valence-electron chi connectivity index (χ2n) is 4.51. The quantitative estimate of drug-likeness (QED) is 0.723.